The molecule has 0 aromatic heterocycles. The Morgan fingerprint density at radius 1 is 1.05 bits per heavy atom. The number of carbonyl (C=O) groups excluding carboxylic acids is 1. The predicted molar refractivity (Wildman–Crippen MR) is 84.7 cm³/mol. The van der Waals surface area contributed by atoms with Gasteiger partial charge in [-0.05, 0) is 31.2 Å². The van der Waals surface area contributed by atoms with Crippen LogP contribution in [0, 0.1) is 0 Å². The molecule has 0 unspecified atom stereocenters. The van der Waals surface area contributed by atoms with Crippen molar-refractivity contribution in [2.24, 2.45) is 0 Å². The number of carbonyl (C=O) groups is 1. The van der Waals surface area contributed by atoms with Crippen molar-refractivity contribution >= 4 is 21.4 Å². The zero-order valence-electron chi connectivity index (χ0n) is 12.2. The van der Waals surface area contributed by atoms with Gasteiger partial charge in [-0.15, -0.1) is 0 Å². The van der Waals surface area contributed by atoms with Crippen LogP contribution in [-0.2, 0) is 14.6 Å². The molecular weight excluding hydrogens is 302 g/mol. The predicted octanol–water partition coefficient (Wildman–Crippen LogP) is 2.50. The summed E-state index contributed by atoms with van der Waals surface area (Å²) in [6.45, 7) is 2.29. The van der Waals surface area contributed by atoms with Crippen molar-refractivity contribution in [3.05, 3.63) is 54.6 Å². The Hall–Kier alpha value is -2.34. The highest BCUT2D eigenvalue weighted by atomic mass is 32.2. The Labute approximate surface area is 129 Å². The van der Waals surface area contributed by atoms with Gasteiger partial charge in [-0.25, -0.2) is 8.42 Å². The smallest absolute Gasteiger partial charge is 0.240 e. The molecule has 0 heterocycles. The second kappa shape index (κ2) is 7.09. The molecule has 0 atom stereocenters. The fourth-order valence-electron chi connectivity index (χ4n) is 1.92. The monoisotopic (exact) mass is 319 g/mol. The molecule has 2 rings (SSSR count). The summed E-state index contributed by atoms with van der Waals surface area (Å²) < 4.78 is 29.7. The third-order valence-corrected chi connectivity index (χ3v) is 4.52. The summed E-state index contributed by atoms with van der Waals surface area (Å²) >= 11 is 0. The number of nitrogens with one attached hydrogen (secondary N) is 1. The minimum absolute atomic E-state index is 0.128. The Morgan fingerprint density at radius 3 is 2.36 bits per heavy atom. The first kappa shape index (κ1) is 16.0. The van der Waals surface area contributed by atoms with Gasteiger partial charge in [0.05, 0.1) is 17.2 Å². The molecule has 0 bridgehead atoms. The lowest BCUT2D eigenvalue weighted by Gasteiger charge is -2.11. The van der Waals surface area contributed by atoms with E-state index in [0.29, 0.717) is 18.0 Å². The highest BCUT2D eigenvalue weighted by Crippen LogP contribution is 2.23. The van der Waals surface area contributed by atoms with Crippen molar-refractivity contribution in [1.82, 2.24) is 0 Å². The molecule has 2 aromatic carbocycles. The van der Waals surface area contributed by atoms with E-state index in [1.165, 1.54) is 12.1 Å². The highest BCUT2D eigenvalue weighted by Gasteiger charge is 2.19. The lowest BCUT2D eigenvalue weighted by atomic mass is 10.3. The van der Waals surface area contributed by atoms with Gasteiger partial charge in [0.1, 0.15) is 11.5 Å². The van der Waals surface area contributed by atoms with E-state index >= 15 is 0 Å². The zero-order valence-corrected chi connectivity index (χ0v) is 13.0. The lowest BCUT2D eigenvalue weighted by molar-refractivity contribution is -0.113. The van der Waals surface area contributed by atoms with Gasteiger partial charge in [0.25, 0.3) is 0 Å². The molecule has 0 spiro atoms. The molecule has 0 saturated heterocycles. The van der Waals surface area contributed by atoms with E-state index in [-0.39, 0.29) is 4.90 Å². The van der Waals surface area contributed by atoms with Crippen LogP contribution in [0.25, 0.3) is 0 Å². The molecule has 0 aliphatic heterocycles. The Bertz CT molecular complexity index is 742. The molecule has 0 radical (unpaired) electrons. The van der Waals surface area contributed by atoms with E-state index in [9.17, 15) is 13.2 Å². The van der Waals surface area contributed by atoms with Crippen LogP contribution in [0.1, 0.15) is 6.92 Å². The summed E-state index contributed by atoms with van der Waals surface area (Å²) in [5.74, 6) is -0.705. The highest BCUT2D eigenvalue weighted by molar-refractivity contribution is 7.92. The van der Waals surface area contributed by atoms with Crippen LogP contribution >= 0.6 is 0 Å². The summed E-state index contributed by atoms with van der Waals surface area (Å²) in [4.78, 5) is 12.1. The minimum Gasteiger partial charge on any atom is -0.492 e. The van der Waals surface area contributed by atoms with Gasteiger partial charge in [-0.1, -0.05) is 30.3 Å². The van der Waals surface area contributed by atoms with Crippen molar-refractivity contribution in [3.8, 4) is 5.75 Å². The van der Waals surface area contributed by atoms with Crippen LogP contribution in [0.15, 0.2) is 59.5 Å². The summed E-state index contributed by atoms with van der Waals surface area (Å²) in [6.07, 6.45) is 0. The summed E-state index contributed by atoms with van der Waals surface area (Å²) in [6, 6.07) is 14.8. The first-order valence-electron chi connectivity index (χ1n) is 6.82. The molecule has 1 N–H and O–H groups in total. The molecule has 0 aliphatic rings. The molecule has 6 heteroatoms. The zero-order chi connectivity index (χ0) is 16.0. The van der Waals surface area contributed by atoms with Gasteiger partial charge in [0, 0.05) is 0 Å². The largest absolute Gasteiger partial charge is 0.492 e. The molecule has 2 aromatic rings. The fourth-order valence-corrected chi connectivity index (χ4v) is 3.08. The van der Waals surface area contributed by atoms with Gasteiger partial charge in [0.15, 0.2) is 9.84 Å². The third kappa shape index (κ3) is 4.08. The average molecular weight is 319 g/mol. The standard InChI is InChI=1S/C16H17NO4S/c1-2-21-15-11-7-6-10-14(15)17-16(18)12-22(19,20)13-8-4-3-5-9-13/h3-11H,2,12H2,1H3,(H,17,18). The number of rotatable bonds is 6. The lowest BCUT2D eigenvalue weighted by Crippen LogP contribution is -2.23. The van der Waals surface area contributed by atoms with Gasteiger partial charge in [0.2, 0.25) is 5.91 Å². The van der Waals surface area contributed by atoms with E-state index < -0.39 is 21.5 Å². The fraction of sp³-hybridized carbons (Fsp3) is 0.188. The molecule has 0 aliphatic carbocycles. The van der Waals surface area contributed by atoms with Crippen LogP contribution in [-0.4, -0.2) is 26.7 Å². The van der Waals surface area contributed by atoms with Crippen LogP contribution in [0.2, 0.25) is 0 Å². The van der Waals surface area contributed by atoms with E-state index in [2.05, 4.69) is 5.32 Å². The molecule has 116 valence electrons. The minimum atomic E-state index is -3.66. The quantitative estimate of drug-likeness (QED) is 0.888. The van der Waals surface area contributed by atoms with Crippen molar-refractivity contribution in [2.45, 2.75) is 11.8 Å². The maximum Gasteiger partial charge on any atom is 0.240 e. The number of anilines is 1. The van der Waals surface area contributed by atoms with E-state index in [0.717, 1.165) is 0 Å². The van der Waals surface area contributed by atoms with Gasteiger partial charge >= 0.3 is 0 Å². The Balaban J connectivity index is 2.11. The number of hydrogen-bond acceptors (Lipinski definition) is 4. The summed E-state index contributed by atoms with van der Waals surface area (Å²) in [5.41, 5.74) is 0.456. The summed E-state index contributed by atoms with van der Waals surface area (Å²) in [7, 11) is -3.66. The normalized spacial score (nSPS) is 11.0. The molecule has 22 heavy (non-hydrogen) atoms. The topological polar surface area (TPSA) is 72.5 Å². The third-order valence-electron chi connectivity index (χ3n) is 2.88. The number of sulfone groups is 1. The van der Waals surface area contributed by atoms with Gasteiger partial charge in [-0.3, -0.25) is 4.79 Å². The number of amides is 1. The van der Waals surface area contributed by atoms with Gasteiger partial charge < -0.3 is 10.1 Å². The van der Waals surface area contributed by atoms with Gasteiger partial charge in [-0.2, -0.15) is 0 Å². The molecule has 0 fully saturated rings. The van der Waals surface area contributed by atoms with E-state index in [1.54, 1.807) is 42.5 Å². The number of hydrogen-bond donors (Lipinski definition) is 1. The van der Waals surface area contributed by atoms with Crippen LogP contribution in [0.4, 0.5) is 5.69 Å². The van der Waals surface area contributed by atoms with E-state index in [4.69, 9.17) is 4.74 Å². The van der Waals surface area contributed by atoms with Crippen LogP contribution < -0.4 is 10.1 Å². The maximum absolute atomic E-state index is 12.2. The van der Waals surface area contributed by atoms with Crippen LogP contribution in [0.5, 0.6) is 5.75 Å². The SMILES string of the molecule is CCOc1ccccc1NC(=O)CS(=O)(=O)c1ccccc1. The molecule has 5 nitrogen and oxygen atoms in total. The van der Waals surface area contributed by atoms with Crippen molar-refractivity contribution < 1.29 is 17.9 Å². The first-order chi connectivity index (χ1) is 10.5. The Morgan fingerprint density at radius 2 is 1.68 bits per heavy atom. The molecule has 1 amide bonds. The van der Waals surface area contributed by atoms with Crippen molar-refractivity contribution in [1.29, 1.82) is 0 Å². The Kier molecular flexibility index (Phi) is 5.16. The second-order valence-electron chi connectivity index (χ2n) is 4.55. The number of benzene rings is 2. The number of ether oxygens (including phenoxy) is 1. The van der Waals surface area contributed by atoms with E-state index in [1.807, 2.05) is 6.92 Å². The average Bonchev–Trinajstić information content (AvgIpc) is 2.50. The second-order valence-corrected chi connectivity index (χ2v) is 6.54. The van der Waals surface area contributed by atoms with Crippen molar-refractivity contribution in [3.63, 3.8) is 0 Å². The maximum atomic E-state index is 12.2. The van der Waals surface area contributed by atoms with Crippen LogP contribution in [0.3, 0.4) is 0 Å². The molecule has 0 saturated carbocycles. The summed E-state index contributed by atoms with van der Waals surface area (Å²) in [5, 5.41) is 2.58. The first-order valence-corrected chi connectivity index (χ1v) is 8.47. The molecular formula is C16H17NO4S. The number of para-hydroxylation sites is 2. The van der Waals surface area contributed by atoms with Crippen molar-refractivity contribution in [2.75, 3.05) is 17.7 Å².